The third kappa shape index (κ3) is 6.21. The zero-order valence-corrected chi connectivity index (χ0v) is 21.2. The van der Waals surface area contributed by atoms with Gasteiger partial charge in [-0.15, -0.1) is 23.7 Å². The lowest BCUT2D eigenvalue weighted by atomic mass is 10.0. The molecule has 4 aromatic rings. The fraction of sp³-hybridized carbons (Fsp3) is 0.148. The largest absolute Gasteiger partial charge is 0.481 e. The van der Waals surface area contributed by atoms with Crippen LogP contribution in [0.15, 0.2) is 78.2 Å². The molecule has 1 heterocycles. The Morgan fingerprint density at radius 2 is 1.81 bits per heavy atom. The lowest BCUT2D eigenvalue weighted by Crippen LogP contribution is -2.40. The molecule has 9 heteroatoms. The van der Waals surface area contributed by atoms with Crippen molar-refractivity contribution in [2.45, 2.75) is 19.9 Å². The molecule has 0 aliphatic rings. The molecule has 1 unspecified atom stereocenters. The lowest BCUT2D eigenvalue weighted by Gasteiger charge is -2.21. The molecular weight excluding hydrogens is 496 g/mol. The summed E-state index contributed by atoms with van der Waals surface area (Å²) < 4.78 is 0. The molecule has 36 heavy (non-hydrogen) atoms. The van der Waals surface area contributed by atoms with Crippen molar-refractivity contribution in [2.75, 3.05) is 5.32 Å². The Balaban J connectivity index is 0.00000361. The van der Waals surface area contributed by atoms with Crippen LogP contribution in [-0.2, 0) is 17.8 Å². The van der Waals surface area contributed by atoms with E-state index < -0.39 is 11.9 Å². The number of rotatable bonds is 8. The van der Waals surface area contributed by atoms with Crippen LogP contribution in [0.25, 0.3) is 10.8 Å². The molecule has 7 nitrogen and oxygen atoms in total. The molecule has 3 aromatic carbocycles. The molecule has 0 aliphatic carbocycles. The third-order valence-corrected chi connectivity index (χ3v) is 6.58. The number of thiophene rings is 1. The topological polar surface area (TPSA) is 120 Å². The molecule has 0 bridgehead atoms. The van der Waals surface area contributed by atoms with Gasteiger partial charge in [-0.1, -0.05) is 43.3 Å². The number of carbonyl (C=O) groups is 2. The number of nitrogens with zero attached hydrogens (tertiary/aromatic N) is 1. The fourth-order valence-electron chi connectivity index (χ4n) is 3.90. The number of anilines is 2. The summed E-state index contributed by atoms with van der Waals surface area (Å²) in [6.07, 6.45) is 0.451. The second-order valence-corrected chi connectivity index (χ2v) is 9.40. The maximum absolute atomic E-state index is 13.3. The van der Waals surface area contributed by atoms with Gasteiger partial charge >= 0.3 is 5.97 Å². The summed E-state index contributed by atoms with van der Waals surface area (Å²) >= 11 is 1.51. The van der Waals surface area contributed by atoms with Crippen LogP contribution in [0.4, 0.5) is 11.4 Å². The van der Waals surface area contributed by atoms with Gasteiger partial charge in [-0.25, -0.2) is 0 Å². The summed E-state index contributed by atoms with van der Waals surface area (Å²) in [5, 5.41) is 24.0. The number of carboxylic acids is 1. The highest BCUT2D eigenvalue weighted by atomic mass is 35.5. The number of hydrogen-bond donors (Lipinski definition) is 4. The molecule has 1 aromatic heterocycles. The summed E-state index contributed by atoms with van der Waals surface area (Å²) in [6, 6.07) is 22.7. The van der Waals surface area contributed by atoms with Gasteiger partial charge in [-0.3, -0.25) is 19.9 Å². The van der Waals surface area contributed by atoms with Crippen LogP contribution < -0.4 is 11.1 Å². The van der Waals surface area contributed by atoms with Crippen molar-refractivity contribution in [3.63, 3.8) is 0 Å². The van der Waals surface area contributed by atoms with Crippen LogP contribution >= 0.6 is 23.7 Å². The van der Waals surface area contributed by atoms with Crippen molar-refractivity contribution in [1.29, 1.82) is 5.41 Å². The number of nitrogens with one attached hydrogen (secondary N) is 2. The SMILES string of the molecule is CC(Cc1cccc(Nc2ccc3c(C(=O)N(Cc4cccs4)C(=N)N)cccc3c2)c1)C(=O)O.Cl. The van der Waals surface area contributed by atoms with Gasteiger partial charge in [0, 0.05) is 21.8 Å². The molecule has 1 amide bonds. The van der Waals surface area contributed by atoms with E-state index >= 15 is 0 Å². The van der Waals surface area contributed by atoms with Gasteiger partial charge in [0.15, 0.2) is 5.96 Å². The molecule has 5 N–H and O–H groups in total. The quantitative estimate of drug-likeness (QED) is 0.170. The minimum absolute atomic E-state index is 0. The molecule has 1 atom stereocenters. The molecular formula is C27H27ClN4O3S. The van der Waals surface area contributed by atoms with Crippen molar-refractivity contribution < 1.29 is 14.7 Å². The first-order valence-corrected chi connectivity index (χ1v) is 12.0. The number of carbonyl (C=O) groups excluding carboxylic acids is 1. The first-order valence-electron chi connectivity index (χ1n) is 11.1. The monoisotopic (exact) mass is 522 g/mol. The van der Waals surface area contributed by atoms with E-state index in [1.165, 1.54) is 16.2 Å². The zero-order valence-electron chi connectivity index (χ0n) is 19.6. The second kappa shape index (κ2) is 11.7. The van der Waals surface area contributed by atoms with Crippen LogP contribution in [0, 0.1) is 11.3 Å². The summed E-state index contributed by atoms with van der Waals surface area (Å²) in [5.41, 5.74) is 8.86. The first-order chi connectivity index (χ1) is 16.8. The predicted molar refractivity (Wildman–Crippen MR) is 148 cm³/mol. The molecule has 4 rings (SSSR count). The average molecular weight is 523 g/mol. The minimum atomic E-state index is -0.818. The van der Waals surface area contributed by atoms with E-state index in [-0.39, 0.29) is 30.8 Å². The number of guanidine groups is 1. The van der Waals surface area contributed by atoms with E-state index in [0.717, 1.165) is 32.6 Å². The Bertz CT molecular complexity index is 1390. The van der Waals surface area contributed by atoms with E-state index in [2.05, 4.69) is 5.32 Å². The highest BCUT2D eigenvalue weighted by Gasteiger charge is 2.21. The van der Waals surface area contributed by atoms with Gasteiger partial charge in [0.2, 0.25) is 0 Å². The standard InChI is InChI=1S/C27H26N4O3S.ClH/c1-17(26(33)34)13-18-5-2-7-20(14-18)30-21-10-11-23-19(15-21)6-3-9-24(23)25(32)31(27(28)29)16-22-8-4-12-35-22;/h2-12,14-15,17,30H,13,16H2,1H3,(H3,28,29)(H,33,34);1H. The number of carboxylic acid groups (broad SMARTS) is 1. The maximum Gasteiger partial charge on any atom is 0.306 e. The van der Waals surface area contributed by atoms with Crippen LogP contribution in [-0.4, -0.2) is 27.8 Å². The van der Waals surface area contributed by atoms with E-state index in [1.807, 2.05) is 72.1 Å². The van der Waals surface area contributed by atoms with Gasteiger partial charge in [0.05, 0.1) is 12.5 Å². The Kier molecular flexibility index (Phi) is 8.68. The molecule has 0 radical (unpaired) electrons. The van der Waals surface area contributed by atoms with Gasteiger partial charge < -0.3 is 16.2 Å². The summed E-state index contributed by atoms with van der Waals surface area (Å²) in [7, 11) is 0. The fourth-order valence-corrected chi connectivity index (χ4v) is 4.59. The van der Waals surface area contributed by atoms with Crippen molar-refractivity contribution in [3.8, 4) is 0 Å². The Morgan fingerprint density at radius 3 is 2.50 bits per heavy atom. The normalized spacial score (nSPS) is 11.4. The van der Waals surface area contributed by atoms with Crippen LogP contribution in [0.1, 0.15) is 27.7 Å². The highest BCUT2D eigenvalue weighted by molar-refractivity contribution is 7.09. The number of aliphatic carboxylic acids is 1. The van der Waals surface area contributed by atoms with E-state index in [4.69, 9.17) is 11.1 Å². The third-order valence-electron chi connectivity index (χ3n) is 5.72. The van der Waals surface area contributed by atoms with Gasteiger partial charge in [0.1, 0.15) is 0 Å². The van der Waals surface area contributed by atoms with Crippen molar-refractivity contribution >= 4 is 63.7 Å². The summed E-state index contributed by atoms with van der Waals surface area (Å²) in [5.74, 6) is -1.90. The molecule has 0 fully saturated rings. The molecule has 0 saturated heterocycles. The predicted octanol–water partition coefficient (Wildman–Crippen LogP) is 5.87. The van der Waals surface area contributed by atoms with Gasteiger partial charge in [0.25, 0.3) is 5.91 Å². The van der Waals surface area contributed by atoms with Gasteiger partial charge in [-0.2, -0.15) is 0 Å². The molecule has 186 valence electrons. The zero-order chi connectivity index (χ0) is 24.9. The van der Waals surface area contributed by atoms with Crippen LogP contribution in [0.3, 0.4) is 0 Å². The Labute approximate surface area is 219 Å². The minimum Gasteiger partial charge on any atom is -0.481 e. The first kappa shape index (κ1) is 26.7. The number of amides is 1. The number of benzene rings is 3. The van der Waals surface area contributed by atoms with Crippen molar-refractivity contribution in [2.24, 2.45) is 11.7 Å². The summed E-state index contributed by atoms with van der Waals surface area (Å²) in [4.78, 5) is 26.7. The second-order valence-electron chi connectivity index (χ2n) is 8.37. The number of fused-ring (bicyclic) bond motifs is 1. The van der Waals surface area contributed by atoms with Gasteiger partial charge in [-0.05, 0) is 64.5 Å². The number of nitrogens with two attached hydrogens (primary N) is 1. The number of halogens is 1. The molecule has 0 spiro atoms. The van der Waals surface area contributed by atoms with E-state index in [9.17, 15) is 14.7 Å². The number of hydrogen-bond acceptors (Lipinski definition) is 5. The smallest absolute Gasteiger partial charge is 0.306 e. The van der Waals surface area contributed by atoms with Crippen LogP contribution in [0.5, 0.6) is 0 Å². The van der Waals surface area contributed by atoms with E-state index in [0.29, 0.717) is 12.0 Å². The van der Waals surface area contributed by atoms with E-state index in [1.54, 1.807) is 13.0 Å². The Morgan fingerprint density at radius 1 is 1.06 bits per heavy atom. The molecule has 0 saturated carbocycles. The Hall–Kier alpha value is -3.88. The summed E-state index contributed by atoms with van der Waals surface area (Å²) in [6.45, 7) is 1.94. The average Bonchev–Trinajstić information content (AvgIpc) is 3.35. The maximum atomic E-state index is 13.3. The van der Waals surface area contributed by atoms with Crippen molar-refractivity contribution in [3.05, 3.63) is 94.2 Å². The van der Waals surface area contributed by atoms with Crippen molar-refractivity contribution in [1.82, 2.24) is 4.90 Å². The lowest BCUT2D eigenvalue weighted by molar-refractivity contribution is -0.141. The van der Waals surface area contributed by atoms with Crippen LogP contribution in [0.2, 0.25) is 0 Å². The highest BCUT2D eigenvalue weighted by Crippen LogP contribution is 2.27. The molecule has 0 aliphatic heterocycles.